The molecule has 0 aliphatic heterocycles. The third kappa shape index (κ3) is 5.65. The molecular weight excluding hydrogens is 468 g/mol. The van der Waals surface area contributed by atoms with Crippen molar-refractivity contribution in [1.82, 2.24) is 0 Å². The average Bonchev–Trinajstić information content (AvgIpc) is 3.12. The van der Waals surface area contributed by atoms with Crippen LogP contribution in [0.5, 0.6) is 5.75 Å². The predicted octanol–water partition coefficient (Wildman–Crippen LogP) is 7.10. The molecule has 0 aliphatic carbocycles. The van der Waals surface area contributed by atoms with E-state index in [-0.39, 0.29) is 11.8 Å². The largest absolute Gasteiger partial charge is 0.489 e. The molecule has 7 heteroatoms. The molecule has 0 spiro atoms. The second-order valence-corrected chi connectivity index (χ2v) is 9.36. The fraction of sp³-hybridized carbons (Fsp3) is 0.111. The lowest BCUT2D eigenvalue weighted by atomic mass is 10.1. The summed E-state index contributed by atoms with van der Waals surface area (Å²) in [7, 11) is 0. The first-order valence-corrected chi connectivity index (χ1v) is 11.8. The predicted molar refractivity (Wildman–Crippen MR) is 138 cm³/mol. The third-order valence-electron chi connectivity index (χ3n) is 5.31. The van der Waals surface area contributed by atoms with E-state index in [0.29, 0.717) is 39.2 Å². The van der Waals surface area contributed by atoms with Crippen LogP contribution in [0.2, 0.25) is 5.02 Å². The summed E-state index contributed by atoms with van der Waals surface area (Å²) in [6.07, 6.45) is 0. The highest BCUT2D eigenvalue weighted by Crippen LogP contribution is 2.33. The standard InChI is InChI=1S/C27H23ClN2O3S/c1-17-18(2)34-27(30-25(31)20-6-4-3-5-7-20)24(17)26(32)29-22-12-14-23(15-13-22)33-16-19-8-10-21(28)11-9-19/h3-15H,16H2,1-2H3,(H,29,32)(H,30,31). The Kier molecular flexibility index (Phi) is 7.30. The van der Waals surface area contributed by atoms with Gasteiger partial charge in [0.15, 0.2) is 0 Å². The van der Waals surface area contributed by atoms with Crippen LogP contribution in [0.25, 0.3) is 0 Å². The van der Waals surface area contributed by atoms with Gasteiger partial charge < -0.3 is 15.4 Å². The molecule has 3 aromatic carbocycles. The summed E-state index contributed by atoms with van der Waals surface area (Å²) in [6, 6.07) is 23.6. The number of carbonyl (C=O) groups is 2. The number of thiophene rings is 1. The highest BCUT2D eigenvalue weighted by molar-refractivity contribution is 7.16. The Morgan fingerprint density at radius 2 is 1.53 bits per heavy atom. The van der Waals surface area contributed by atoms with Crippen molar-refractivity contribution >= 4 is 45.4 Å². The first-order valence-electron chi connectivity index (χ1n) is 10.7. The molecule has 4 aromatic rings. The molecule has 2 N–H and O–H groups in total. The minimum absolute atomic E-state index is 0.252. The second-order valence-electron chi connectivity index (χ2n) is 7.70. The Morgan fingerprint density at radius 3 is 2.21 bits per heavy atom. The average molecular weight is 491 g/mol. The van der Waals surface area contributed by atoms with E-state index in [0.717, 1.165) is 16.0 Å². The van der Waals surface area contributed by atoms with Crippen molar-refractivity contribution in [2.24, 2.45) is 0 Å². The molecule has 1 heterocycles. The summed E-state index contributed by atoms with van der Waals surface area (Å²) in [4.78, 5) is 26.7. The maximum absolute atomic E-state index is 13.1. The van der Waals surface area contributed by atoms with E-state index in [1.807, 2.05) is 44.2 Å². The van der Waals surface area contributed by atoms with Crippen molar-refractivity contribution < 1.29 is 14.3 Å². The van der Waals surface area contributed by atoms with Crippen molar-refractivity contribution in [2.45, 2.75) is 20.5 Å². The van der Waals surface area contributed by atoms with Crippen LogP contribution in [0.4, 0.5) is 10.7 Å². The number of ether oxygens (including phenoxy) is 1. The third-order valence-corrected chi connectivity index (χ3v) is 6.68. The lowest BCUT2D eigenvalue weighted by Crippen LogP contribution is -2.17. The number of hydrogen-bond acceptors (Lipinski definition) is 4. The summed E-state index contributed by atoms with van der Waals surface area (Å²) in [5.41, 5.74) is 3.48. The molecule has 0 unspecified atom stereocenters. The van der Waals surface area contributed by atoms with Gasteiger partial charge in [-0.05, 0) is 73.5 Å². The fourth-order valence-corrected chi connectivity index (χ4v) is 4.51. The van der Waals surface area contributed by atoms with Gasteiger partial charge in [-0.1, -0.05) is 41.9 Å². The van der Waals surface area contributed by atoms with Gasteiger partial charge in [-0.25, -0.2) is 0 Å². The van der Waals surface area contributed by atoms with Gasteiger partial charge in [0.2, 0.25) is 0 Å². The number of benzene rings is 3. The number of aryl methyl sites for hydroxylation is 1. The first-order chi connectivity index (χ1) is 16.4. The van der Waals surface area contributed by atoms with Gasteiger partial charge >= 0.3 is 0 Å². The Morgan fingerprint density at radius 1 is 0.853 bits per heavy atom. The zero-order valence-electron chi connectivity index (χ0n) is 18.7. The number of amides is 2. The maximum atomic E-state index is 13.1. The Bertz CT molecular complexity index is 1300. The zero-order valence-corrected chi connectivity index (χ0v) is 20.3. The summed E-state index contributed by atoms with van der Waals surface area (Å²) >= 11 is 7.30. The molecule has 4 rings (SSSR count). The van der Waals surface area contributed by atoms with Crippen LogP contribution in [-0.2, 0) is 6.61 Å². The molecule has 34 heavy (non-hydrogen) atoms. The van der Waals surface area contributed by atoms with E-state index >= 15 is 0 Å². The van der Waals surface area contributed by atoms with E-state index in [2.05, 4.69) is 10.6 Å². The van der Waals surface area contributed by atoms with E-state index in [1.54, 1.807) is 48.5 Å². The van der Waals surface area contributed by atoms with Gasteiger partial charge in [-0.15, -0.1) is 11.3 Å². The summed E-state index contributed by atoms with van der Waals surface area (Å²) in [5, 5.41) is 7.02. The van der Waals surface area contributed by atoms with Crippen LogP contribution in [0.15, 0.2) is 78.9 Å². The van der Waals surface area contributed by atoms with Crippen LogP contribution >= 0.6 is 22.9 Å². The van der Waals surface area contributed by atoms with Gasteiger partial charge in [0.05, 0.1) is 5.56 Å². The van der Waals surface area contributed by atoms with Gasteiger partial charge in [-0.2, -0.15) is 0 Å². The number of halogens is 1. The molecule has 1 aromatic heterocycles. The Labute approximate surface area is 207 Å². The number of hydrogen-bond donors (Lipinski definition) is 2. The Hall–Kier alpha value is -3.61. The fourth-order valence-electron chi connectivity index (χ4n) is 3.33. The van der Waals surface area contributed by atoms with Gasteiger partial charge in [0.25, 0.3) is 11.8 Å². The van der Waals surface area contributed by atoms with Gasteiger partial charge in [0.1, 0.15) is 17.4 Å². The van der Waals surface area contributed by atoms with Crippen LogP contribution in [-0.4, -0.2) is 11.8 Å². The molecule has 0 fully saturated rings. The topological polar surface area (TPSA) is 67.4 Å². The van der Waals surface area contributed by atoms with E-state index < -0.39 is 0 Å². The van der Waals surface area contributed by atoms with Gasteiger partial charge in [0, 0.05) is 21.2 Å². The molecule has 0 bridgehead atoms. The molecular formula is C27H23ClN2O3S. The zero-order chi connectivity index (χ0) is 24.1. The molecule has 2 amide bonds. The molecule has 0 saturated heterocycles. The maximum Gasteiger partial charge on any atom is 0.258 e. The van der Waals surface area contributed by atoms with E-state index in [1.165, 1.54) is 11.3 Å². The number of carbonyl (C=O) groups excluding carboxylic acids is 2. The van der Waals surface area contributed by atoms with Crippen molar-refractivity contribution in [2.75, 3.05) is 10.6 Å². The van der Waals surface area contributed by atoms with Gasteiger partial charge in [-0.3, -0.25) is 9.59 Å². The quantitative estimate of drug-likeness (QED) is 0.290. The first kappa shape index (κ1) is 23.5. The van der Waals surface area contributed by atoms with Crippen molar-refractivity contribution in [3.63, 3.8) is 0 Å². The van der Waals surface area contributed by atoms with E-state index in [4.69, 9.17) is 16.3 Å². The molecule has 0 radical (unpaired) electrons. The lowest BCUT2D eigenvalue weighted by Gasteiger charge is -2.10. The Balaban J connectivity index is 1.43. The van der Waals surface area contributed by atoms with Crippen LogP contribution in [0.3, 0.4) is 0 Å². The molecule has 0 aliphatic rings. The second kappa shape index (κ2) is 10.5. The van der Waals surface area contributed by atoms with Crippen molar-refractivity contribution in [3.05, 3.63) is 111 Å². The summed E-state index contributed by atoms with van der Waals surface area (Å²) in [5.74, 6) is 0.157. The highest BCUT2D eigenvalue weighted by atomic mass is 35.5. The molecule has 172 valence electrons. The lowest BCUT2D eigenvalue weighted by molar-refractivity contribution is 0.102. The highest BCUT2D eigenvalue weighted by Gasteiger charge is 2.21. The summed E-state index contributed by atoms with van der Waals surface area (Å²) in [6.45, 7) is 4.23. The molecule has 0 atom stereocenters. The van der Waals surface area contributed by atoms with Crippen LogP contribution in [0.1, 0.15) is 36.7 Å². The smallest absolute Gasteiger partial charge is 0.258 e. The minimum Gasteiger partial charge on any atom is -0.489 e. The number of anilines is 2. The number of nitrogens with one attached hydrogen (secondary N) is 2. The van der Waals surface area contributed by atoms with Crippen LogP contribution < -0.4 is 15.4 Å². The SMILES string of the molecule is Cc1sc(NC(=O)c2ccccc2)c(C(=O)Nc2ccc(OCc3ccc(Cl)cc3)cc2)c1C. The number of rotatable bonds is 7. The molecule has 0 saturated carbocycles. The van der Waals surface area contributed by atoms with E-state index in [9.17, 15) is 9.59 Å². The van der Waals surface area contributed by atoms with Crippen LogP contribution in [0, 0.1) is 13.8 Å². The minimum atomic E-state index is -0.278. The monoisotopic (exact) mass is 490 g/mol. The van der Waals surface area contributed by atoms with Crippen molar-refractivity contribution in [3.8, 4) is 5.75 Å². The molecule has 5 nitrogen and oxygen atoms in total. The van der Waals surface area contributed by atoms with Crippen molar-refractivity contribution in [1.29, 1.82) is 0 Å². The normalized spacial score (nSPS) is 10.6. The summed E-state index contributed by atoms with van der Waals surface area (Å²) < 4.78 is 5.80.